The largest absolute Gasteiger partial charge is 0.465 e. The first-order valence-electron chi connectivity index (χ1n) is 10.4. The molecule has 33 heavy (non-hydrogen) atoms. The van der Waals surface area contributed by atoms with Crippen LogP contribution in [0.4, 0.5) is 0 Å². The van der Waals surface area contributed by atoms with Crippen LogP contribution in [-0.4, -0.2) is 27.8 Å². The van der Waals surface area contributed by atoms with Gasteiger partial charge in [-0.05, 0) is 55.0 Å². The molecule has 0 amide bonds. The van der Waals surface area contributed by atoms with Crippen LogP contribution in [-0.2, 0) is 11.3 Å². The van der Waals surface area contributed by atoms with Crippen molar-refractivity contribution in [1.29, 1.82) is 0 Å². The summed E-state index contributed by atoms with van der Waals surface area (Å²) in [5.41, 5.74) is 3.20. The molecule has 0 unspecified atom stereocenters. The van der Waals surface area contributed by atoms with Crippen molar-refractivity contribution in [3.05, 3.63) is 95.9 Å². The van der Waals surface area contributed by atoms with Gasteiger partial charge >= 0.3 is 5.97 Å². The lowest BCUT2D eigenvalue weighted by Crippen LogP contribution is -2.06. The minimum atomic E-state index is -0.448. The number of esters is 1. The van der Waals surface area contributed by atoms with E-state index in [-0.39, 0.29) is 0 Å². The zero-order valence-corrected chi connectivity index (χ0v) is 18.2. The van der Waals surface area contributed by atoms with Crippen LogP contribution in [0.25, 0.3) is 22.5 Å². The molecule has 0 fully saturated rings. The van der Waals surface area contributed by atoms with E-state index in [2.05, 4.69) is 5.10 Å². The fourth-order valence-corrected chi connectivity index (χ4v) is 3.79. The SMILES string of the molecule is COC(=O)c1cc(-c2ccco2)nc2c1c(C)nn2Cc1cccc(Oc2ccccc2)c1. The monoisotopic (exact) mass is 439 g/mol. The summed E-state index contributed by atoms with van der Waals surface area (Å²) in [4.78, 5) is 17.3. The van der Waals surface area contributed by atoms with Crippen molar-refractivity contribution in [1.82, 2.24) is 14.8 Å². The van der Waals surface area contributed by atoms with E-state index < -0.39 is 5.97 Å². The predicted octanol–water partition coefficient (Wildman–Crippen LogP) is 5.63. The van der Waals surface area contributed by atoms with E-state index in [9.17, 15) is 4.79 Å². The van der Waals surface area contributed by atoms with Crippen molar-refractivity contribution in [2.75, 3.05) is 7.11 Å². The first-order valence-corrected chi connectivity index (χ1v) is 10.4. The van der Waals surface area contributed by atoms with E-state index in [1.807, 2.05) is 61.5 Å². The second kappa shape index (κ2) is 8.63. The van der Waals surface area contributed by atoms with Gasteiger partial charge in [-0.15, -0.1) is 0 Å². The number of benzene rings is 2. The Hall–Kier alpha value is -4.39. The van der Waals surface area contributed by atoms with Gasteiger partial charge in [-0.2, -0.15) is 5.10 Å². The second-order valence-electron chi connectivity index (χ2n) is 7.53. The Morgan fingerprint density at radius 1 is 1.00 bits per heavy atom. The number of aryl methyl sites for hydroxylation is 1. The lowest BCUT2D eigenvalue weighted by atomic mass is 10.1. The molecule has 164 valence electrons. The standard InChI is InChI=1S/C26H21N3O4/c1-17-24-21(26(30)31-2)15-22(23-12-7-13-32-23)27-25(24)29(28-17)16-18-8-6-11-20(14-18)33-19-9-4-3-5-10-19/h3-15H,16H2,1-2H3. The van der Waals surface area contributed by atoms with Gasteiger partial charge in [0.15, 0.2) is 11.4 Å². The molecule has 3 aromatic heterocycles. The molecule has 0 aliphatic heterocycles. The molecular formula is C26H21N3O4. The molecule has 0 N–H and O–H groups in total. The number of hydrogen-bond donors (Lipinski definition) is 0. The number of fused-ring (bicyclic) bond motifs is 1. The highest BCUT2D eigenvalue weighted by molar-refractivity contribution is 6.04. The number of aromatic nitrogens is 3. The highest BCUT2D eigenvalue weighted by atomic mass is 16.5. The van der Waals surface area contributed by atoms with Gasteiger partial charge in [-0.3, -0.25) is 0 Å². The highest BCUT2D eigenvalue weighted by Crippen LogP contribution is 2.29. The Kier molecular flexibility index (Phi) is 5.36. The van der Waals surface area contributed by atoms with Crippen molar-refractivity contribution < 1.29 is 18.7 Å². The van der Waals surface area contributed by atoms with Crippen LogP contribution < -0.4 is 4.74 Å². The van der Waals surface area contributed by atoms with Gasteiger partial charge in [0.2, 0.25) is 0 Å². The lowest BCUT2D eigenvalue weighted by Gasteiger charge is -2.09. The van der Waals surface area contributed by atoms with Crippen LogP contribution in [0.1, 0.15) is 21.6 Å². The minimum absolute atomic E-state index is 0.402. The molecule has 5 rings (SSSR count). The van der Waals surface area contributed by atoms with E-state index in [0.29, 0.717) is 40.3 Å². The molecule has 0 radical (unpaired) electrons. The number of para-hydroxylation sites is 1. The van der Waals surface area contributed by atoms with Crippen LogP contribution in [0.2, 0.25) is 0 Å². The summed E-state index contributed by atoms with van der Waals surface area (Å²) >= 11 is 0. The van der Waals surface area contributed by atoms with Crippen molar-refractivity contribution in [3.63, 3.8) is 0 Å². The Bertz CT molecular complexity index is 1420. The van der Waals surface area contributed by atoms with E-state index >= 15 is 0 Å². The molecule has 0 bridgehead atoms. The summed E-state index contributed by atoms with van der Waals surface area (Å²) in [5.74, 6) is 1.61. The van der Waals surface area contributed by atoms with Gasteiger partial charge in [-0.1, -0.05) is 30.3 Å². The molecule has 5 aromatic rings. The van der Waals surface area contributed by atoms with Gasteiger partial charge in [0.25, 0.3) is 0 Å². The molecule has 0 atom stereocenters. The van der Waals surface area contributed by atoms with Crippen molar-refractivity contribution in [2.24, 2.45) is 0 Å². The zero-order valence-electron chi connectivity index (χ0n) is 18.2. The predicted molar refractivity (Wildman–Crippen MR) is 123 cm³/mol. The molecule has 0 saturated carbocycles. The normalized spacial score (nSPS) is 11.0. The van der Waals surface area contributed by atoms with Gasteiger partial charge < -0.3 is 13.9 Å². The minimum Gasteiger partial charge on any atom is -0.465 e. The number of pyridine rings is 1. The fraction of sp³-hybridized carbons (Fsp3) is 0.115. The van der Waals surface area contributed by atoms with Crippen molar-refractivity contribution in [3.8, 4) is 23.0 Å². The van der Waals surface area contributed by atoms with E-state index in [4.69, 9.17) is 18.9 Å². The van der Waals surface area contributed by atoms with Crippen LogP contribution in [0, 0.1) is 6.92 Å². The smallest absolute Gasteiger partial charge is 0.338 e. The Balaban J connectivity index is 1.56. The van der Waals surface area contributed by atoms with Gasteiger partial charge in [0.05, 0.1) is 36.6 Å². The third kappa shape index (κ3) is 4.08. The van der Waals surface area contributed by atoms with Crippen LogP contribution in [0.5, 0.6) is 11.5 Å². The molecule has 0 saturated heterocycles. The number of nitrogens with zero attached hydrogens (tertiary/aromatic N) is 3. The summed E-state index contributed by atoms with van der Waals surface area (Å²) in [7, 11) is 1.36. The highest BCUT2D eigenvalue weighted by Gasteiger charge is 2.21. The van der Waals surface area contributed by atoms with Crippen molar-refractivity contribution in [2.45, 2.75) is 13.5 Å². The van der Waals surface area contributed by atoms with E-state index in [1.165, 1.54) is 7.11 Å². The zero-order chi connectivity index (χ0) is 22.8. The fourth-order valence-electron chi connectivity index (χ4n) is 3.79. The number of rotatable bonds is 6. The molecule has 0 aliphatic rings. The van der Waals surface area contributed by atoms with Gasteiger partial charge in [0.1, 0.15) is 17.2 Å². The number of ether oxygens (including phenoxy) is 2. The maximum absolute atomic E-state index is 12.6. The molecule has 3 heterocycles. The second-order valence-corrected chi connectivity index (χ2v) is 7.53. The number of carbonyl (C=O) groups excluding carboxylic acids is 1. The quantitative estimate of drug-likeness (QED) is 0.319. The number of methoxy groups -OCH3 is 1. The number of carbonyl (C=O) groups is 1. The average molecular weight is 439 g/mol. The third-order valence-corrected chi connectivity index (χ3v) is 5.27. The summed E-state index contributed by atoms with van der Waals surface area (Å²) in [6.45, 7) is 2.31. The average Bonchev–Trinajstić information content (AvgIpc) is 3.48. The summed E-state index contributed by atoms with van der Waals surface area (Å²) in [5, 5.41) is 5.33. The van der Waals surface area contributed by atoms with E-state index in [0.717, 1.165) is 17.1 Å². The van der Waals surface area contributed by atoms with Crippen LogP contribution >= 0.6 is 0 Å². The number of hydrogen-bond acceptors (Lipinski definition) is 6. The van der Waals surface area contributed by atoms with E-state index in [1.54, 1.807) is 29.1 Å². The Morgan fingerprint density at radius 2 is 1.82 bits per heavy atom. The maximum atomic E-state index is 12.6. The third-order valence-electron chi connectivity index (χ3n) is 5.27. The van der Waals surface area contributed by atoms with Crippen LogP contribution in [0.15, 0.2) is 83.5 Å². The first kappa shape index (κ1) is 20.5. The molecule has 7 heteroatoms. The maximum Gasteiger partial charge on any atom is 0.338 e. The lowest BCUT2D eigenvalue weighted by molar-refractivity contribution is 0.0603. The molecule has 2 aromatic carbocycles. The topological polar surface area (TPSA) is 79.4 Å². The van der Waals surface area contributed by atoms with Gasteiger partial charge in [-0.25, -0.2) is 14.5 Å². The molecule has 0 spiro atoms. The molecular weight excluding hydrogens is 418 g/mol. The number of furan rings is 1. The first-order chi connectivity index (χ1) is 16.1. The van der Waals surface area contributed by atoms with Crippen molar-refractivity contribution >= 4 is 17.0 Å². The molecule has 0 aliphatic carbocycles. The Labute approximate surface area is 190 Å². The summed E-state index contributed by atoms with van der Waals surface area (Å²) in [6, 6.07) is 22.7. The summed E-state index contributed by atoms with van der Waals surface area (Å²) in [6.07, 6.45) is 1.57. The van der Waals surface area contributed by atoms with Gasteiger partial charge in [0, 0.05) is 0 Å². The Morgan fingerprint density at radius 3 is 2.58 bits per heavy atom. The summed E-state index contributed by atoms with van der Waals surface area (Å²) < 4.78 is 18.3. The molecule has 7 nitrogen and oxygen atoms in total. The van der Waals surface area contributed by atoms with Crippen LogP contribution in [0.3, 0.4) is 0 Å².